The van der Waals surface area contributed by atoms with Crippen LogP contribution in [0, 0.1) is 0 Å². The first-order chi connectivity index (χ1) is 6.66. The number of hydrogen-bond acceptors (Lipinski definition) is 2. The van der Waals surface area contributed by atoms with E-state index >= 15 is 0 Å². The number of rotatable bonds is 9. The van der Waals surface area contributed by atoms with E-state index in [0.29, 0.717) is 5.78 Å². The van der Waals surface area contributed by atoms with Crippen LogP contribution in [0.3, 0.4) is 0 Å². The Labute approximate surface area is 88.3 Å². The Morgan fingerprint density at radius 1 is 1.14 bits per heavy atom. The van der Waals surface area contributed by atoms with Gasteiger partial charge in [0.25, 0.3) is 0 Å². The third-order valence-corrected chi connectivity index (χ3v) is 2.42. The Balaban J connectivity index is 3.20. The van der Waals surface area contributed by atoms with E-state index in [1.54, 1.807) is 0 Å². The molecule has 0 aliphatic carbocycles. The molecule has 0 aromatic heterocycles. The molecule has 0 aliphatic rings. The molecule has 0 heterocycles. The molecule has 0 aromatic carbocycles. The van der Waals surface area contributed by atoms with Gasteiger partial charge in [0, 0.05) is 18.9 Å². The number of carbonyl (C=O) groups is 1. The van der Waals surface area contributed by atoms with Crippen molar-refractivity contribution in [2.24, 2.45) is 5.73 Å². The van der Waals surface area contributed by atoms with Crippen molar-refractivity contribution in [3.05, 3.63) is 0 Å². The summed E-state index contributed by atoms with van der Waals surface area (Å²) in [4.78, 5) is 11.3. The van der Waals surface area contributed by atoms with Gasteiger partial charge in [-0.2, -0.15) is 0 Å². The predicted molar refractivity (Wildman–Crippen MR) is 61.3 cm³/mol. The van der Waals surface area contributed by atoms with Gasteiger partial charge in [0.1, 0.15) is 5.78 Å². The molecule has 1 atom stereocenters. The summed E-state index contributed by atoms with van der Waals surface area (Å²) in [5, 5.41) is 0. The molecule has 0 fully saturated rings. The normalized spacial score (nSPS) is 12.8. The second-order valence-electron chi connectivity index (χ2n) is 4.22. The maximum atomic E-state index is 11.3. The lowest BCUT2D eigenvalue weighted by Crippen LogP contribution is -2.14. The standard InChI is InChI=1S/C12H25NO/c1-3-4-5-6-9-12(14)10-7-8-11(2)13/h11H,3-10,13H2,1-2H3. The van der Waals surface area contributed by atoms with Crippen LogP contribution in [-0.4, -0.2) is 11.8 Å². The van der Waals surface area contributed by atoms with Crippen molar-refractivity contribution in [1.82, 2.24) is 0 Å². The number of hydrogen-bond donors (Lipinski definition) is 1. The van der Waals surface area contributed by atoms with E-state index in [2.05, 4.69) is 6.92 Å². The van der Waals surface area contributed by atoms with Crippen LogP contribution in [0.25, 0.3) is 0 Å². The molecule has 84 valence electrons. The van der Waals surface area contributed by atoms with Crippen LogP contribution in [0.5, 0.6) is 0 Å². The van der Waals surface area contributed by atoms with E-state index < -0.39 is 0 Å². The molecule has 0 amide bonds. The highest BCUT2D eigenvalue weighted by atomic mass is 16.1. The molecule has 0 saturated heterocycles. The van der Waals surface area contributed by atoms with Crippen molar-refractivity contribution in [1.29, 1.82) is 0 Å². The molecule has 0 radical (unpaired) electrons. The highest BCUT2D eigenvalue weighted by molar-refractivity contribution is 5.78. The first kappa shape index (κ1) is 13.6. The Kier molecular flexibility index (Phi) is 8.95. The van der Waals surface area contributed by atoms with Gasteiger partial charge in [-0.25, -0.2) is 0 Å². The maximum Gasteiger partial charge on any atom is 0.132 e. The van der Waals surface area contributed by atoms with Gasteiger partial charge in [-0.15, -0.1) is 0 Å². The van der Waals surface area contributed by atoms with Crippen LogP contribution in [-0.2, 0) is 4.79 Å². The van der Waals surface area contributed by atoms with Crippen LogP contribution in [0.15, 0.2) is 0 Å². The summed E-state index contributed by atoms with van der Waals surface area (Å²) in [7, 11) is 0. The second kappa shape index (κ2) is 9.20. The molecule has 0 aliphatic heterocycles. The first-order valence-corrected chi connectivity index (χ1v) is 5.94. The predicted octanol–water partition coefficient (Wildman–Crippen LogP) is 3.04. The van der Waals surface area contributed by atoms with E-state index in [4.69, 9.17) is 5.73 Å². The van der Waals surface area contributed by atoms with Crippen LogP contribution in [0.2, 0.25) is 0 Å². The topological polar surface area (TPSA) is 43.1 Å². The average Bonchev–Trinajstić information content (AvgIpc) is 2.12. The molecule has 2 heteroatoms. The minimum Gasteiger partial charge on any atom is -0.328 e. The van der Waals surface area contributed by atoms with Crippen molar-refractivity contribution < 1.29 is 4.79 Å². The largest absolute Gasteiger partial charge is 0.328 e. The lowest BCUT2D eigenvalue weighted by Gasteiger charge is -2.03. The molecule has 0 bridgehead atoms. The Morgan fingerprint density at radius 2 is 1.79 bits per heavy atom. The minimum atomic E-state index is 0.239. The van der Waals surface area contributed by atoms with Crippen LogP contribution in [0.4, 0.5) is 0 Å². The van der Waals surface area contributed by atoms with Gasteiger partial charge in [0.15, 0.2) is 0 Å². The molecule has 0 spiro atoms. The van der Waals surface area contributed by atoms with Crippen LogP contribution < -0.4 is 5.73 Å². The van der Waals surface area contributed by atoms with Crippen molar-refractivity contribution in [2.45, 2.75) is 71.3 Å². The third-order valence-electron chi connectivity index (χ3n) is 2.42. The fourth-order valence-corrected chi connectivity index (χ4v) is 1.50. The highest BCUT2D eigenvalue weighted by Crippen LogP contribution is 2.07. The SMILES string of the molecule is CCCCCCC(=O)CCCC(C)N. The Bertz CT molecular complexity index is 143. The molecule has 14 heavy (non-hydrogen) atoms. The maximum absolute atomic E-state index is 11.3. The van der Waals surface area contributed by atoms with E-state index in [9.17, 15) is 4.79 Å². The molecule has 0 saturated carbocycles. The monoisotopic (exact) mass is 199 g/mol. The smallest absolute Gasteiger partial charge is 0.132 e. The van der Waals surface area contributed by atoms with Gasteiger partial charge in [-0.05, 0) is 26.2 Å². The van der Waals surface area contributed by atoms with Gasteiger partial charge in [-0.3, -0.25) is 4.79 Å². The molecule has 2 N–H and O–H groups in total. The zero-order valence-electron chi connectivity index (χ0n) is 9.72. The first-order valence-electron chi connectivity index (χ1n) is 5.94. The highest BCUT2D eigenvalue weighted by Gasteiger charge is 2.02. The van der Waals surface area contributed by atoms with Crippen LogP contribution in [0.1, 0.15) is 65.2 Å². The summed E-state index contributed by atoms with van der Waals surface area (Å²) in [6, 6.07) is 0.239. The van der Waals surface area contributed by atoms with Gasteiger partial charge in [0.2, 0.25) is 0 Å². The second-order valence-corrected chi connectivity index (χ2v) is 4.22. The summed E-state index contributed by atoms with van der Waals surface area (Å²) in [5.74, 6) is 0.418. The lowest BCUT2D eigenvalue weighted by atomic mass is 10.0. The minimum absolute atomic E-state index is 0.239. The van der Waals surface area contributed by atoms with Gasteiger partial charge in [0.05, 0.1) is 0 Å². The molecule has 0 rings (SSSR count). The van der Waals surface area contributed by atoms with Gasteiger partial charge < -0.3 is 5.73 Å². The molecule has 0 aromatic rings. The molecular formula is C12H25NO. The summed E-state index contributed by atoms with van der Waals surface area (Å²) in [6.45, 7) is 4.18. The zero-order chi connectivity index (χ0) is 10.8. The third kappa shape index (κ3) is 9.72. The quantitative estimate of drug-likeness (QED) is 0.580. The van der Waals surface area contributed by atoms with Crippen LogP contribution >= 0.6 is 0 Å². The van der Waals surface area contributed by atoms with E-state index in [1.807, 2.05) is 6.92 Å². The Morgan fingerprint density at radius 3 is 2.36 bits per heavy atom. The number of ketones is 1. The summed E-state index contributed by atoms with van der Waals surface area (Å²) in [5.41, 5.74) is 5.61. The van der Waals surface area contributed by atoms with E-state index in [1.165, 1.54) is 19.3 Å². The van der Waals surface area contributed by atoms with Crippen molar-refractivity contribution in [3.8, 4) is 0 Å². The average molecular weight is 199 g/mol. The number of carbonyl (C=O) groups excluding carboxylic acids is 1. The zero-order valence-corrected chi connectivity index (χ0v) is 9.72. The number of Topliss-reactive ketones (excluding diaryl/α,β-unsaturated/α-hetero) is 1. The van der Waals surface area contributed by atoms with Crippen molar-refractivity contribution >= 4 is 5.78 Å². The Hall–Kier alpha value is -0.370. The van der Waals surface area contributed by atoms with Crippen molar-refractivity contribution in [3.63, 3.8) is 0 Å². The van der Waals surface area contributed by atoms with E-state index in [0.717, 1.165) is 32.1 Å². The lowest BCUT2D eigenvalue weighted by molar-refractivity contribution is -0.119. The molecule has 2 nitrogen and oxygen atoms in total. The van der Waals surface area contributed by atoms with Crippen molar-refractivity contribution in [2.75, 3.05) is 0 Å². The number of nitrogens with two attached hydrogens (primary N) is 1. The summed E-state index contributed by atoms with van der Waals surface area (Å²) < 4.78 is 0. The van der Waals surface area contributed by atoms with E-state index in [-0.39, 0.29) is 6.04 Å². The molecule has 1 unspecified atom stereocenters. The summed E-state index contributed by atoms with van der Waals surface area (Å²) >= 11 is 0. The fourth-order valence-electron chi connectivity index (χ4n) is 1.50. The number of unbranched alkanes of at least 4 members (excludes halogenated alkanes) is 3. The van der Waals surface area contributed by atoms with Gasteiger partial charge in [-0.1, -0.05) is 26.2 Å². The molecular weight excluding hydrogens is 174 g/mol. The fraction of sp³-hybridized carbons (Fsp3) is 0.917. The summed E-state index contributed by atoms with van der Waals surface area (Å²) in [6.07, 6.45) is 8.21. The van der Waals surface area contributed by atoms with Gasteiger partial charge >= 0.3 is 0 Å².